The number of imide groups is 1. The third-order valence-corrected chi connectivity index (χ3v) is 6.65. The predicted octanol–water partition coefficient (Wildman–Crippen LogP) is 6.58. The van der Waals surface area contributed by atoms with Crippen LogP contribution in [0.3, 0.4) is 0 Å². The van der Waals surface area contributed by atoms with Crippen LogP contribution in [0.25, 0.3) is 6.08 Å². The molecular formula is C25H19Cl2IN2O3. The van der Waals surface area contributed by atoms with Crippen LogP contribution >= 0.6 is 45.8 Å². The van der Waals surface area contributed by atoms with Crippen molar-refractivity contribution in [3.8, 4) is 5.75 Å². The molecule has 3 amide bonds. The highest BCUT2D eigenvalue weighted by atomic mass is 127. The highest BCUT2D eigenvalue weighted by molar-refractivity contribution is 14.1. The van der Waals surface area contributed by atoms with Gasteiger partial charge >= 0.3 is 6.03 Å². The summed E-state index contributed by atoms with van der Waals surface area (Å²) < 4.78 is 6.77. The van der Waals surface area contributed by atoms with Gasteiger partial charge in [-0.2, -0.15) is 0 Å². The summed E-state index contributed by atoms with van der Waals surface area (Å²) in [5, 5.41) is 3.65. The van der Waals surface area contributed by atoms with Crippen LogP contribution in [0.4, 0.5) is 4.79 Å². The van der Waals surface area contributed by atoms with Crippen molar-refractivity contribution < 1.29 is 14.3 Å². The lowest BCUT2D eigenvalue weighted by Crippen LogP contribution is -2.30. The van der Waals surface area contributed by atoms with Gasteiger partial charge in [-0.15, -0.1) is 0 Å². The van der Waals surface area contributed by atoms with Gasteiger partial charge in [-0.3, -0.25) is 9.69 Å². The smallest absolute Gasteiger partial charge is 0.329 e. The summed E-state index contributed by atoms with van der Waals surface area (Å²) in [4.78, 5) is 26.3. The molecule has 5 nitrogen and oxygen atoms in total. The lowest BCUT2D eigenvalue weighted by atomic mass is 10.1. The first-order valence-corrected chi connectivity index (χ1v) is 11.9. The molecule has 3 aromatic carbocycles. The topological polar surface area (TPSA) is 58.6 Å². The second kappa shape index (κ2) is 10.2. The number of hydrogen-bond donors (Lipinski definition) is 1. The molecule has 1 heterocycles. The Hall–Kier alpha value is -2.55. The van der Waals surface area contributed by atoms with Crippen LogP contribution in [0.5, 0.6) is 5.75 Å². The zero-order chi connectivity index (χ0) is 23.5. The molecule has 0 bridgehead atoms. The second-order valence-corrected chi connectivity index (χ2v) is 9.57. The van der Waals surface area contributed by atoms with Gasteiger partial charge in [0.25, 0.3) is 5.91 Å². The second-order valence-electron chi connectivity index (χ2n) is 7.59. The lowest BCUT2D eigenvalue weighted by molar-refractivity contribution is -0.123. The van der Waals surface area contributed by atoms with Gasteiger partial charge in [-0.1, -0.05) is 65.2 Å². The van der Waals surface area contributed by atoms with Gasteiger partial charge in [0.15, 0.2) is 0 Å². The number of amides is 3. The summed E-state index contributed by atoms with van der Waals surface area (Å²) in [6.07, 6.45) is 1.67. The molecule has 0 atom stereocenters. The molecule has 0 radical (unpaired) electrons. The first kappa shape index (κ1) is 23.6. The van der Waals surface area contributed by atoms with Crippen LogP contribution in [-0.4, -0.2) is 16.8 Å². The zero-order valence-electron chi connectivity index (χ0n) is 17.6. The van der Waals surface area contributed by atoms with Crippen LogP contribution in [0, 0.1) is 10.5 Å². The largest absolute Gasteiger partial charge is 0.488 e. The van der Waals surface area contributed by atoms with Crippen LogP contribution < -0.4 is 10.1 Å². The van der Waals surface area contributed by atoms with Crippen molar-refractivity contribution in [1.82, 2.24) is 10.2 Å². The van der Waals surface area contributed by atoms with E-state index in [-0.39, 0.29) is 18.1 Å². The maximum Gasteiger partial charge on any atom is 0.329 e. The molecule has 0 aromatic heterocycles. The molecule has 8 heteroatoms. The number of nitrogens with one attached hydrogen (secondary N) is 1. The Morgan fingerprint density at radius 3 is 2.39 bits per heavy atom. The van der Waals surface area contributed by atoms with Crippen molar-refractivity contribution >= 4 is 63.8 Å². The van der Waals surface area contributed by atoms with Crippen LogP contribution in [-0.2, 0) is 17.9 Å². The van der Waals surface area contributed by atoms with Crippen molar-refractivity contribution in [3.63, 3.8) is 0 Å². The third-order valence-electron chi connectivity index (χ3n) is 5.07. The minimum Gasteiger partial charge on any atom is -0.488 e. The van der Waals surface area contributed by atoms with Crippen molar-refractivity contribution in [3.05, 3.63) is 102 Å². The molecule has 0 saturated carbocycles. The molecule has 33 heavy (non-hydrogen) atoms. The summed E-state index contributed by atoms with van der Waals surface area (Å²) in [6, 6.07) is 18.2. The standard InChI is InChI=1S/C25H19Cl2IN2O3/c1-15-2-4-16(5-3-15)13-30-24(31)22(29-25(30)32)12-17-7-9-23(21(28)11-17)33-14-18-6-8-19(26)20(27)10-18/h2-12H,13-14H2,1H3,(H,29,32)/b22-12+. The number of ether oxygens (including phenoxy) is 1. The molecule has 0 spiro atoms. The molecule has 1 N–H and O–H groups in total. The SMILES string of the molecule is Cc1ccc(CN2C(=O)N/C(=C/c3ccc(OCc4ccc(Cl)c(Cl)c4)c(I)c3)C2=O)cc1. The summed E-state index contributed by atoms with van der Waals surface area (Å²) >= 11 is 14.2. The summed E-state index contributed by atoms with van der Waals surface area (Å²) in [6.45, 7) is 2.56. The lowest BCUT2D eigenvalue weighted by Gasteiger charge is -2.12. The Bertz CT molecular complexity index is 1260. The molecule has 1 aliphatic heterocycles. The summed E-state index contributed by atoms with van der Waals surface area (Å²) in [7, 11) is 0. The number of rotatable bonds is 6. The van der Waals surface area contributed by atoms with E-state index in [1.54, 1.807) is 18.2 Å². The number of urea groups is 1. The maximum atomic E-state index is 12.8. The summed E-state index contributed by atoms with van der Waals surface area (Å²) in [5.41, 5.74) is 3.94. The quantitative estimate of drug-likeness (QED) is 0.200. The van der Waals surface area contributed by atoms with E-state index in [1.165, 1.54) is 4.90 Å². The van der Waals surface area contributed by atoms with E-state index in [2.05, 4.69) is 27.9 Å². The Kier molecular flexibility index (Phi) is 7.26. The van der Waals surface area contributed by atoms with Gasteiger partial charge in [0.2, 0.25) is 0 Å². The van der Waals surface area contributed by atoms with E-state index in [4.69, 9.17) is 27.9 Å². The van der Waals surface area contributed by atoms with Crippen LogP contribution in [0.2, 0.25) is 10.0 Å². The predicted molar refractivity (Wildman–Crippen MR) is 138 cm³/mol. The van der Waals surface area contributed by atoms with Gasteiger partial charge < -0.3 is 10.1 Å². The fraction of sp³-hybridized carbons (Fsp3) is 0.120. The first-order valence-electron chi connectivity index (χ1n) is 10.1. The molecule has 1 saturated heterocycles. The Morgan fingerprint density at radius 1 is 0.970 bits per heavy atom. The van der Waals surface area contributed by atoms with E-state index < -0.39 is 6.03 Å². The van der Waals surface area contributed by atoms with Crippen molar-refractivity contribution in [2.24, 2.45) is 0 Å². The molecule has 1 fully saturated rings. The van der Waals surface area contributed by atoms with Gasteiger partial charge in [0.1, 0.15) is 18.1 Å². The minimum atomic E-state index is -0.428. The number of halogens is 3. The molecule has 3 aromatic rings. The van der Waals surface area contributed by atoms with Crippen LogP contribution in [0.1, 0.15) is 22.3 Å². The van der Waals surface area contributed by atoms with Crippen LogP contribution in [0.15, 0.2) is 66.4 Å². The summed E-state index contributed by atoms with van der Waals surface area (Å²) in [5.74, 6) is 0.349. The van der Waals surface area contributed by atoms with E-state index in [9.17, 15) is 9.59 Å². The van der Waals surface area contributed by atoms with Gasteiger partial charge in [0.05, 0.1) is 20.2 Å². The molecule has 0 aliphatic carbocycles. The maximum absolute atomic E-state index is 12.8. The fourth-order valence-electron chi connectivity index (χ4n) is 3.27. The highest BCUT2D eigenvalue weighted by Crippen LogP contribution is 2.27. The monoisotopic (exact) mass is 592 g/mol. The number of benzene rings is 3. The normalized spacial score (nSPS) is 14.7. The number of carbonyl (C=O) groups is 2. The van der Waals surface area contributed by atoms with Gasteiger partial charge in [0, 0.05) is 0 Å². The first-order chi connectivity index (χ1) is 15.8. The van der Waals surface area contributed by atoms with E-state index >= 15 is 0 Å². The fourth-order valence-corrected chi connectivity index (χ4v) is 4.29. The molecule has 0 unspecified atom stereocenters. The Labute approximate surface area is 215 Å². The van der Waals surface area contributed by atoms with Crippen molar-refractivity contribution in [2.75, 3.05) is 0 Å². The number of nitrogens with zero attached hydrogens (tertiary/aromatic N) is 1. The van der Waals surface area contributed by atoms with Crippen molar-refractivity contribution in [2.45, 2.75) is 20.1 Å². The number of aryl methyl sites for hydroxylation is 1. The molecule has 1 aliphatic rings. The van der Waals surface area contributed by atoms with Crippen molar-refractivity contribution in [1.29, 1.82) is 0 Å². The van der Waals surface area contributed by atoms with Gasteiger partial charge in [-0.25, -0.2) is 4.79 Å². The van der Waals surface area contributed by atoms with Gasteiger partial charge in [-0.05, 0) is 76.5 Å². The number of carbonyl (C=O) groups excluding carboxylic acids is 2. The zero-order valence-corrected chi connectivity index (χ0v) is 21.2. The van der Waals surface area contributed by atoms with E-state index in [1.807, 2.05) is 55.5 Å². The third kappa shape index (κ3) is 5.69. The molecule has 4 rings (SSSR count). The average molecular weight is 593 g/mol. The minimum absolute atomic E-state index is 0.224. The van der Waals surface area contributed by atoms with E-state index in [0.29, 0.717) is 22.4 Å². The average Bonchev–Trinajstić information content (AvgIpc) is 3.04. The molecule has 168 valence electrons. The number of hydrogen-bond acceptors (Lipinski definition) is 3. The highest BCUT2D eigenvalue weighted by Gasteiger charge is 2.33. The Morgan fingerprint density at radius 2 is 1.70 bits per heavy atom. The Balaban J connectivity index is 1.44. The molecular weight excluding hydrogens is 574 g/mol. The van der Waals surface area contributed by atoms with E-state index in [0.717, 1.165) is 25.8 Å².